The number of oxazole rings is 1. The fourth-order valence-corrected chi connectivity index (χ4v) is 1.36. The number of carboxylic acids is 1. The quantitative estimate of drug-likeness (QED) is 0.897. The number of aromatic nitrogens is 1. The lowest BCUT2D eigenvalue weighted by Gasteiger charge is -2.06. The van der Waals surface area contributed by atoms with Crippen LogP contribution in [-0.2, 0) is 6.18 Å². The number of aromatic carboxylic acids is 1. The van der Waals surface area contributed by atoms with Gasteiger partial charge in [0.05, 0.1) is 5.56 Å². The van der Waals surface area contributed by atoms with Crippen molar-refractivity contribution in [1.82, 2.24) is 4.98 Å². The lowest BCUT2D eigenvalue weighted by molar-refractivity contribution is -0.137. The van der Waals surface area contributed by atoms with Gasteiger partial charge in [-0.15, -0.1) is 0 Å². The smallest absolute Gasteiger partial charge is 0.416 e. The van der Waals surface area contributed by atoms with Crippen molar-refractivity contribution >= 4 is 5.97 Å². The van der Waals surface area contributed by atoms with Gasteiger partial charge in [-0.05, 0) is 12.1 Å². The summed E-state index contributed by atoms with van der Waals surface area (Å²) in [5.41, 5.74) is -0.653. The Bertz CT molecular complexity index is 589. The maximum absolute atomic E-state index is 12.5. The van der Waals surface area contributed by atoms with Gasteiger partial charge in [-0.1, -0.05) is 12.1 Å². The van der Waals surface area contributed by atoms with Gasteiger partial charge in [0.2, 0.25) is 0 Å². The summed E-state index contributed by atoms with van der Waals surface area (Å²) in [7, 11) is 0. The maximum Gasteiger partial charge on any atom is 0.416 e. The number of halogens is 3. The predicted molar refractivity (Wildman–Crippen MR) is 53.9 cm³/mol. The molecule has 7 heteroatoms. The summed E-state index contributed by atoms with van der Waals surface area (Å²) in [6.45, 7) is 0. The lowest BCUT2D eigenvalue weighted by atomic mass is 10.1. The van der Waals surface area contributed by atoms with Crippen LogP contribution in [0.3, 0.4) is 0 Å². The van der Waals surface area contributed by atoms with Crippen molar-refractivity contribution in [2.45, 2.75) is 6.18 Å². The molecule has 0 atom stereocenters. The van der Waals surface area contributed by atoms with Crippen LogP contribution in [0.4, 0.5) is 13.2 Å². The number of nitrogens with zero attached hydrogens (tertiary/aromatic N) is 1. The third-order valence-electron chi connectivity index (χ3n) is 2.17. The third kappa shape index (κ3) is 2.34. The Hall–Kier alpha value is -2.31. The summed E-state index contributed by atoms with van der Waals surface area (Å²) in [4.78, 5) is 14.1. The Morgan fingerprint density at radius 2 is 2.06 bits per heavy atom. The summed E-state index contributed by atoms with van der Waals surface area (Å²) in [6.07, 6.45) is -3.46. The van der Waals surface area contributed by atoms with E-state index in [2.05, 4.69) is 9.40 Å². The topological polar surface area (TPSA) is 63.3 Å². The Morgan fingerprint density at radius 1 is 1.33 bits per heavy atom. The van der Waals surface area contributed by atoms with E-state index in [0.29, 0.717) is 0 Å². The maximum atomic E-state index is 12.5. The Labute approximate surface area is 98.7 Å². The summed E-state index contributed by atoms with van der Waals surface area (Å²) < 4.78 is 42.1. The minimum absolute atomic E-state index is 0.0403. The first-order valence-electron chi connectivity index (χ1n) is 4.74. The molecule has 0 bridgehead atoms. The molecule has 0 spiro atoms. The average molecular weight is 257 g/mol. The molecule has 1 aromatic heterocycles. The highest BCUT2D eigenvalue weighted by Gasteiger charge is 2.30. The van der Waals surface area contributed by atoms with Crippen molar-refractivity contribution < 1.29 is 27.5 Å². The number of benzene rings is 1. The molecule has 0 aliphatic carbocycles. The van der Waals surface area contributed by atoms with E-state index in [1.807, 2.05) is 0 Å². The van der Waals surface area contributed by atoms with E-state index in [0.717, 1.165) is 18.4 Å². The van der Waals surface area contributed by atoms with Crippen molar-refractivity contribution in [3.8, 4) is 11.3 Å². The molecule has 0 amide bonds. The van der Waals surface area contributed by atoms with Crippen LogP contribution >= 0.6 is 0 Å². The van der Waals surface area contributed by atoms with E-state index in [1.165, 1.54) is 12.1 Å². The van der Waals surface area contributed by atoms with Crippen molar-refractivity contribution in [3.05, 3.63) is 42.0 Å². The first-order valence-corrected chi connectivity index (χ1v) is 4.74. The van der Waals surface area contributed by atoms with Gasteiger partial charge >= 0.3 is 18.0 Å². The summed E-state index contributed by atoms with van der Waals surface area (Å²) in [5.74, 6) is -1.95. The molecule has 0 unspecified atom stereocenters. The fraction of sp³-hybridized carbons (Fsp3) is 0.0909. The lowest BCUT2D eigenvalue weighted by Crippen LogP contribution is -2.04. The van der Waals surface area contributed by atoms with Crippen molar-refractivity contribution in [2.75, 3.05) is 0 Å². The van der Waals surface area contributed by atoms with E-state index in [9.17, 15) is 18.0 Å². The zero-order valence-electron chi connectivity index (χ0n) is 8.73. The molecule has 0 fully saturated rings. The van der Waals surface area contributed by atoms with Gasteiger partial charge in [0, 0.05) is 5.56 Å². The van der Waals surface area contributed by atoms with Crippen LogP contribution in [0, 0.1) is 0 Å². The van der Waals surface area contributed by atoms with Gasteiger partial charge in [-0.3, -0.25) is 0 Å². The number of carbonyl (C=O) groups is 1. The number of alkyl halides is 3. The van der Waals surface area contributed by atoms with Gasteiger partial charge in [0.25, 0.3) is 0 Å². The first-order chi connectivity index (χ1) is 8.38. The van der Waals surface area contributed by atoms with Crippen LogP contribution in [0.25, 0.3) is 11.3 Å². The minimum atomic E-state index is -4.46. The molecule has 0 aliphatic rings. The second-order valence-electron chi connectivity index (χ2n) is 3.42. The van der Waals surface area contributed by atoms with E-state index < -0.39 is 23.6 Å². The molecule has 4 nitrogen and oxygen atoms in total. The van der Waals surface area contributed by atoms with E-state index in [-0.39, 0.29) is 11.3 Å². The highest BCUT2D eigenvalue weighted by Crippen LogP contribution is 2.31. The molecular formula is C11H6F3NO3. The molecule has 2 rings (SSSR count). The predicted octanol–water partition coefficient (Wildman–Crippen LogP) is 3.06. The summed E-state index contributed by atoms with van der Waals surface area (Å²) in [6, 6.07) is 4.40. The normalized spacial score (nSPS) is 11.5. The largest absolute Gasteiger partial charge is 0.474 e. The van der Waals surface area contributed by atoms with Crippen LogP contribution in [0.5, 0.6) is 0 Å². The summed E-state index contributed by atoms with van der Waals surface area (Å²) in [5, 5.41) is 8.59. The van der Waals surface area contributed by atoms with E-state index in [1.54, 1.807) is 0 Å². The monoisotopic (exact) mass is 257 g/mol. The molecule has 1 aromatic carbocycles. The molecule has 94 valence electrons. The van der Waals surface area contributed by atoms with Gasteiger partial charge in [-0.25, -0.2) is 9.78 Å². The van der Waals surface area contributed by atoms with Crippen molar-refractivity contribution in [3.63, 3.8) is 0 Å². The standard InChI is InChI=1S/C11H6F3NO3/c12-11(13,14)7-3-1-2-6(4-7)8-5-18-9(15-8)10(16)17/h1-5H,(H,16,17). The molecule has 0 saturated heterocycles. The number of carboxylic acid groups (broad SMARTS) is 1. The van der Waals surface area contributed by atoms with Gasteiger partial charge in [-0.2, -0.15) is 13.2 Å². The molecule has 1 N–H and O–H groups in total. The zero-order chi connectivity index (χ0) is 13.3. The average Bonchev–Trinajstić information content (AvgIpc) is 2.77. The molecule has 0 aliphatic heterocycles. The van der Waals surface area contributed by atoms with Crippen molar-refractivity contribution in [1.29, 1.82) is 0 Å². The minimum Gasteiger partial charge on any atom is -0.474 e. The van der Waals surface area contributed by atoms with Gasteiger partial charge < -0.3 is 9.52 Å². The molecule has 2 aromatic rings. The Kier molecular flexibility index (Phi) is 2.82. The Balaban J connectivity index is 2.41. The second kappa shape index (κ2) is 4.17. The van der Waals surface area contributed by atoms with E-state index >= 15 is 0 Å². The SMILES string of the molecule is O=C(O)c1nc(-c2cccc(C(F)(F)F)c2)co1. The highest BCUT2D eigenvalue weighted by atomic mass is 19.4. The van der Waals surface area contributed by atoms with E-state index in [4.69, 9.17) is 5.11 Å². The highest BCUT2D eigenvalue weighted by molar-refractivity contribution is 5.83. The summed E-state index contributed by atoms with van der Waals surface area (Å²) >= 11 is 0. The number of hydrogen-bond acceptors (Lipinski definition) is 3. The first kappa shape index (κ1) is 12.2. The van der Waals surface area contributed by atoms with Crippen LogP contribution in [0.2, 0.25) is 0 Å². The molecule has 0 saturated carbocycles. The second-order valence-corrected chi connectivity index (χ2v) is 3.42. The molecular weight excluding hydrogens is 251 g/mol. The third-order valence-corrected chi connectivity index (χ3v) is 2.17. The van der Waals surface area contributed by atoms with Crippen LogP contribution in [-0.4, -0.2) is 16.1 Å². The number of rotatable bonds is 2. The number of hydrogen-bond donors (Lipinski definition) is 1. The Morgan fingerprint density at radius 3 is 2.61 bits per heavy atom. The van der Waals surface area contributed by atoms with Crippen molar-refractivity contribution in [2.24, 2.45) is 0 Å². The van der Waals surface area contributed by atoms with Gasteiger partial charge in [0.1, 0.15) is 12.0 Å². The molecule has 18 heavy (non-hydrogen) atoms. The molecule has 0 radical (unpaired) electrons. The van der Waals surface area contributed by atoms with Crippen LogP contribution in [0.15, 0.2) is 34.9 Å². The zero-order valence-corrected chi connectivity index (χ0v) is 8.73. The molecule has 1 heterocycles. The van der Waals surface area contributed by atoms with Gasteiger partial charge in [0.15, 0.2) is 0 Å². The van der Waals surface area contributed by atoms with Crippen LogP contribution < -0.4 is 0 Å². The van der Waals surface area contributed by atoms with Crippen LogP contribution in [0.1, 0.15) is 16.2 Å². The fourth-order valence-electron chi connectivity index (χ4n) is 1.36.